The number of rotatable bonds is 5. The third-order valence-corrected chi connectivity index (χ3v) is 5.80. The Balaban J connectivity index is 1.78. The lowest BCUT2D eigenvalue weighted by Gasteiger charge is -2.07. The fourth-order valence-electron chi connectivity index (χ4n) is 2.58. The lowest BCUT2D eigenvalue weighted by Crippen LogP contribution is -2.02. The van der Waals surface area contributed by atoms with Crippen LogP contribution in [-0.2, 0) is 22.7 Å². The van der Waals surface area contributed by atoms with E-state index < -0.39 is 15.6 Å². The van der Waals surface area contributed by atoms with E-state index in [1.54, 1.807) is 24.3 Å². The van der Waals surface area contributed by atoms with E-state index in [1.807, 2.05) is 18.2 Å². The van der Waals surface area contributed by atoms with Gasteiger partial charge in [0, 0.05) is 6.07 Å². The molecule has 0 fully saturated rings. The Morgan fingerprint density at radius 2 is 1.20 bits per heavy atom. The van der Waals surface area contributed by atoms with Crippen molar-refractivity contribution >= 4 is 9.84 Å². The molecule has 3 aromatic rings. The van der Waals surface area contributed by atoms with Gasteiger partial charge in [0.05, 0.1) is 9.79 Å². The van der Waals surface area contributed by atoms with Gasteiger partial charge in [0.2, 0.25) is 9.84 Å². The van der Waals surface area contributed by atoms with Gasteiger partial charge in [-0.05, 0) is 48.2 Å². The van der Waals surface area contributed by atoms with Crippen LogP contribution in [0.15, 0.2) is 82.6 Å². The second-order valence-corrected chi connectivity index (χ2v) is 7.73. The van der Waals surface area contributed by atoms with Crippen LogP contribution in [-0.4, -0.2) is 18.6 Å². The Kier molecular flexibility index (Phi) is 4.76. The lowest BCUT2D eigenvalue weighted by atomic mass is 10.0. The maximum Gasteiger partial charge on any atom is 0.206 e. The van der Waals surface area contributed by atoms with Gasteiger partial charge in [0.1, 0.15) is 0 Å². The summed E-state index contributed by atoms with van der Waals surface area (Å²) in [4.78, 5) is 0.0980. The topological polar surface area (TPSA) is 74.6 Å². The molecule has 0 saturated carbocycles. The maximum atomic E-state index is 12.6. The first-order valence-corrected chi connectivity index (χ1v) is 9.35. The van der Waals surface area contributed by atoms with Gasteiger partial charge in [-0.15, -0.1) is 0 Å². The van der Waals surface area contributed by atoms with Gasteiger partial charge in [-0.1, -0.05) is 42.5 Å². The monoisotopic (exact) mass is 354 g/mol. The smallest absolute Gasteiger partial charge is 0.206 e. The minimum absolute atomic E-state index is 0.0557. The number of phenols is 2. The molecule has 25 heavy (non-hydrogen) atoms. The summed E-state index contributed by atoms with van der Waals surface area (Å²) in [5.74, 6) is -0.809. The van der Waals surface area contributed by atoms with E-state index in [1.165, 1.54) is 11.6 Å². The van der Waals surface area contributed by atoms with Crippen molar-refractivity contribution in [1.82, 2.24) is 0 Å². The second kappa shape index (κ2) is 6.99. The Labute approximate surface area is 146 Å². The second-order valence-electron chi connectivity index (χ2n) is 5.78. The molecular weight excluding hydrogens is 336 g/mol. The number of aromatic hydroxyl groups is 2. The third kappa shape index (κ3) is 3.83. The molecule has 2 N–H and O–H groups in total. The molecule has 0 bridgehead atoms. The first kappa shape index (κ1) is 17.0. The van der Waals surface area contributed by atoms with Gasteiger partial charge in [0.15, 0.2) is 11.5 Å². The van der Waals surface area contributed by atoms with Gasteiger partial charge >= 0.3 is 0 Å². The molecule has 0 heterocycles. The minimum atomic E-state index is -3.73. The average Bonchev–Trinajstić information content (AvgIpc) is 2.63. The summed E-state index contributed by atoms with van der Waals surface area (Å²) in [6.45, 7) is 0. The summed E-state index contributed by atoms with van der Waals surface area (Å²) in [5.41, 5.74) is 2.29. The molecule has 0 saturated heterocycles. The van der Waals surface area contributed by atoms with Crippen molar-refractivity contribution in [2.75, 3.05) is 0 Å². The van der Waals surface area contributed by atoms with Crippen LogP contribution in [0.25, 0.3) is 0 Å². The number of benzene rings is 3. The highest BCUT2D eigenvalue weighted by Crippen LogP contribution is 2.30. The van der Waals surface area contributed by atoms with Gasteiger partial charge in [-0.25, -0.2) is 8.42 Å². The molecule has 0 aliphatic carbocycles. The molecule has 0 atom stereocenters. The summed E-state index contributed by atoms with van der Waals surface area (Å²) in [5, 5.41) is 18.8. The fraction of sp³-hybridized carbons (Fsp3) is 0.100. The molecule has 0 unspecified atom stereocenters. The first-order valence-electron chi connectivity index (χ1n) is 7.87. The quantitative estimate of drug-likeness (QED) is 0.685. The van der Waals surface area contributed by atoms with Gasteiger partial charge < -0.3 is 10.2 Å². The third-order valence-electron chi connectivity index (χ3n) is 4.04. The minimum Gasteiger partial charge on any atom is -0.504 e. The molecule has 0 aliphatic rings. The first-order chi connectivity index (χ1) is 12.0. The highest BCUT2D eigenvalue weighted by Gasteiger charge is 2.19. The molecule has 0 amide bonds. The number of sulfone groups is 1. The summed E-state index contributed by atoms with van der Waals surface area (Å²) < 4.78 is 25.2. The van der Waals surface area contributed by atoms with Crippen molar-refractivity contribution in [1.29, 1.82) is 0 Å². The molecule has 0 aromatic heterocycles. The van der Waals surface area contributed by atoms with Gasteiger partial charge in [-0.2, -0.15) is 0 Å². The zero-order valence-corrected chi connectivity index (χ0v) is 14.3. The van der Waals surface area contributed by atoms with E-state index in [2.05, 4.69) is 12.1 Å². The largest absolute Gasteiger partial charge is 0.504 e. The summed E-state index contributed by atoms with van der Waals surface area (Å²) >= 11 is 0. The number of hydrogen-bond donors (Lipinski definition) is 2. The molecule has 0 aliphatic heterocycles. The predicted octanol–water partition coefficient (Wildman–Crippen LogP) is 3.72. The van der Waals surface area contributed by atoms with Crippen LogP contribution < -0.4 is 0 Å². The van der Waals surface area contributed by atoms with Crippen LogP contribution in [0.4, 0.5) is 0 Å². The van der Waals surface area contributed by atoms with Crippen LogP contribution in [0.2, 0.25) is 0 Å². The molecule has 3 aromatic carbocycles. The number of hydrogen-bond acceptors (Lipinski definition) is 4. The van der Waals surface area contributed by atoms with Gasteiger partial charge in [0.25, 0.3) is 0 Å². The summed E-state index contributed by atoms with van der Waals surface area (Å²) in [6, 6.07) is 20.3. The zero-order valence-electron chi connectivity index (χ0n) is 13.5. The zero-order chi connectivity index (χ0) is 17.9. The molecular formula is C20H18O4S. The summed E-state index contributed by atoms with van der Waals surface area (Å²) in [7, 11) is -3.73. The number of phenolic OH excluding ortho intramolecular Hbond substituents is 2. The van der Waals surface area contributed by atoms with Gasteiger partial charge in [-0.3, -0.25) is 0 Å². The normalized spacial score (nSPS) is 11.4. The molecule has 5 heteroatoms. The lowest BCUT2D eigenvalue weighted by molar-refractivity contribution is 0.402. The molecule has 0 spiro atoms. The van der Waals surface area contributed by atoms with Crippen LogP contribution in [0.5, 0.6) is 11.5 Å². The Bertz CT molecular complexity index is 962. The average molecular weight is 354 g/mol. The van der Waals surface area contributed by atoms with E-state index in [4.69, 9.17) is 0 Å². The predicted molar refractivity (Wildman–Crippen MR) is 95.5 cm³/mol. The Morgan fingerprint density at radius 1 is 0.640 bits per heavy atom. The van der Waals surface area contributed by atoms with E-state index in [0.29, 0.717) is 0 Å². The SMILES string of the molecule is O=S(=O)(c1ccc(CCc2ccccc2)cc1)c1ccc(O)c(O)c1. The molecule has 4 nitrogen and oxygen atoms in total. The van der Waals surface area contributed by atoms with Crippen molar-refractivity contribution in [2.24, 2.45) is 0 Å². The van der Waals surface area contributed by atoms with Crippen LogP contribution >= 0.6 is 0 Å². The van der Waals surface area contributed by atoms with Crippen molar-refractivity contribution in [3.8, 4) is 11.5 Å². The van der Waals surface area contributed by atoms with Crippen LogP contribution in [0.1, 0.15) is 11.1 Å². The Hall–Kier alpha value is -2.79. The molecule has 128 valence electrons. The molecule has 3 rings (SSSR count). The fourth-order valence-corrected chi connectivity index (χ4v) is 3.86. The highest BCUT2D eigenvalue weighted by molar-refractivity contribution is 7.91. The van der Waals surface area contributed by atoms with Crippen molar-refractivity contribution in [3.63, 3.8) is 0 Å². The maximum absolute atomic E-state index is 12.6. The van der Waals surface area contributed by atoms with Crippen LogP contribution in [0, 0.1) is 0 Å². The van der Waals surface area contributed by atoms with E-state index in [0.717, 1.165) is 30.5 Å². The number of aryl methyl sites for hydroxylation is 2. The Morgan fingerprint density at radius 3 is 1.80 bits per heavy atom. The van der Waals surface area contributed by atoms with E-state index >= 15 is 0 Å². The van der Waals surface area contributed by atoms with Crippen molar-refractivity contribution in [3.05, 3.63) is 83.9 Å². The summed E-state index contributed by atoms with van der Waals surface area (Å²) in [6.07, 6.45) is 1.71. The van der Waals surface area contributed by atoms with Crippen LogP contribution in [0.3, 0.4) is 0 Å². The highest BCUT2D eigenvalue weighted by atomic mass is 32.2. The van der Waals surface area contributed by atoms with E-state index in [-0.39, 0.29) is 15.5 Å². The van der Waals surface area contributed by atoms with Crippen molar-refractivity contribution in [2.45, 2.75) is 22.6 Å². The van der Waals surface area contributed by atoms with Crippen molar-refractivity contribution < 1.29 is 18.6 Å². The molecule has 0 radical (unpaired) electrons. The van der Waals surface area contributed by atoms with E-state index in [9.17, 15) is 18.6 Å². The standard InChI is InChI=1S/C20H18O4S/c21-19-13-12-18(14-20(19)22)25(23,24)17-10-8-16(9-11-17)7-6-15-4-2-1-3-5-15/h1-5,8-14,21-22H,6-7H2.